The molecule has 0 fully saturated rings. The maximum Gasteiger partial charge on any atom is 0.267 e. The molecule has 1 heterocycles. The van der Waals surface area contributed by atoms with Crippen molar-refractivity contribution in [2.75, 3.05) is 43.7 Å². The Balaban J connectivity index is 2.77. The molecule has 9 heteroatoms. The number of nitrogens with two attached hydrogens (primary N) is 1. The van der Waals surface area contributed by atoms with Crippen LogP contribution in [0.25, 0.3) is 0 Å². The molecule has 0 aliphatic carbocycles. The number of hydrogen-bond donors (Lipinski definition) is 2. The number of sulfone groups is 1. The first-order chi connectivity index (χ1) is 8.24. The van der Waals surface area contributed by atoms with Crippen LogP contribution in [-0.2, 0) is 9.84 Å². The maximum atomic E-state index is 12.0. The van der Waals surface area contributed by atoms with E-state index < -0.39 is 9.84 Å². The Kier molecular flexibility index (Phi) is 4.52. The minimum Gasteiger partial charge on any atom is -0.382 e. The van der Waals surface area contributed by atoms with Crippen molar-refractivity contribution in [3.8, 4) is 0 Å². The van der Waals surface area contributed by atoms with E-state index in [1.54, 1.807) is 7.05 Å². The van der Waals surface area contributed by atoms with Crippen LogP contribution >= 0.6 is 11.3 Å². The van der Waals surface area contributed by atoms with Crippen LogP contribution < -0.4 is 11.1 Å². The summed E-state index contributed by atoms with van der Waals surface area (Å²) in [7, 11) is 0.120. The van der Waals surface area contributed by atoms with E-state index in [-0.39, 0.29) is 24.0 Å². The third-order valence-electron chi connectivity index (χ3n) is 2.21. The molecule has 0 aliphatic heterocycles. The molecule has 1 amide bonds. The predicted octanol–water partition coefficient (Wildman–Crippen LogP) is -0.116. The van der Waals surface area contributed by atoms with Crippen LogP contribution in [0.2, 0.25) is 0 Å². The van der Waals surface area contributed by atoms with Gasteiger partial charge in [-0.1, -0.05) is 11.3 Å². The number of carbonyl (C=O) groups excluding carboxylic acids is 1. The highest BCUT2D eigenvalue weighted by atomic mass is 32.2. The number of thiazole rings is 1. The normalized spacial score (nSPS) is 11.3. The second-order valence-electron chi connectivity index (χ2n) is 3.84. The number of aromatic nitrogens is 1. The van der Waals surface area contributed by atoms with E-state index in [1.807, 2.05) is 0 Å². The summed E-state index contributed by atoms with van der Waals surface area (Å²) in [5.41, 5.74) is 5.63. The van der Waals surface area contributed by atoms with Crippen LogP contribution in [0.5, 0.6) is 0 Å². The average Bonchev–Trinajstić information content (AvgIpc) is 2.65. The van der Waals surface area contributed by atoms with E-state index in [9.17, 15) is 13.2 Å². The van der Waals surface area contributed by atoms with Gasteiger partial charge in [-0.15, -0.1) is 0 Å². The Labute approximate surface area is 110 Å². The monoisotopic (exact) mass is 292 g/mol. The lowest BCUT2D eigenvalue weighted by Crippen LogP contribution is -2.31. The van der Waals surface area contributed by atoms with Gasteiger partial charge < -0.3 is 16.0 Å². The fourth-order valence-corrected chi connectivity index (χ4v) is 2.61. The van der Waals surface area contributed by atoms with E-state index >= 15 is 0 Å². The second kappa shape index (κ2) is 5.53. The SMILES string of the molecule is CNc1nc(N)c(C(=O)N(C)CCS(C)(=O)=O)s1. The number of amides is 1. The van der Waals surface area contributed by atoms with Gasteiger partial charge in [-0.3, -0.25) is 4.79 Å². The second-order valence-corrected chi connectivity index (χ2v) is 7.10. The van der Waals surface area contributed by atoms with Crippen molar-refractivity contribution in [3.63, 3.8) is 0 Å². The highest BCUT2D eigenvalue weighted by Crippen LogP contribution is 2.25. The van der Waals surface area contributed by atoms with Gasteiger partial charge in [0.1, 0.15) is 20.5 Å². The van der Waals surface area contributed by atoms with Gasteiger partial charge in [-0.2, -0.15) is 0 Å². The molecule has 0 bridgehead atoms. The molecular formula is C9H16N4O3S2. The zero-order chi connectivity index (χ0) is 13.9. The van der Waals surface area contributed by atoms with Crippen molar-refractivity contribution in [2.24, 2.45) is 0 Å². The van der Waals surface area contributed by atoms with Crippen molar-refractivity contribution >= 4 is 38.0 Å². The molecular weight excluding hydrogens is 276 g/mol. The summed E-state index contributed by atoms with van der Waals surface area (Å²) in [5.74, 6) is -0.247. The third-order valence-corrected chi connectivity index (χ3v) is 4.21. The molecule has 0 aromatic carbocycles. The van der Waals surface area contributed by atoms with E-state index in [1.165, 1.54) is 11.9 Å². The lowest BCUT2D eigenvalue weighted by molar-refractivity contribution is 0.0809. The number of nitrogens with zero attached hydrogens (tertiary/aromatic N) is 2. The van der Waals surface area contributed by atoms with Crippen LogP contribution in [0.3, 0.4) is 0 Å². The van der Waals surface area contributed by atoms with Gasteiger partial charge >= 0.3 is 0 Å². The van der Waals surface area contributed by atoms with Crippen LogP contribution in [-0.4, -0.2) is 56.9 Å². The topological polar surface area (TPSA) is 105 Å². The summed E-state index contributed by atoms with van der Waals surface area (Å²) in [6, 6.07) is 0. The number of nitrogens with one attached hydrogen (secondary N) is 1. The zero-order valence-corrected chi connectivity index (χ0v) is 12.1. The van der Waals surface area contributed by atoms with Gasteiger partial charge in [0.25, 0.3) is 5.91 Å². The van der Waals surface area contributed by atoms with Crippen LogP contribution in [0.4, 0.5) is 10.9 Å². The lowest BCUT2D eigenvalue weighted by Gasteiger charge is -2.15. The van der Waals surface area contributed by atoms with Crippen LogP contribution in [0.15, 0.2) is 0 Å². The number of rotatable bonds is 5. The minimum atomic E-state index is -3.09. The largest absolute Gasteiger partial charge is 0.382 e. The van der Waals surface area contributed by atoms with E-state index in [4.69, 9.17) is 5.73 Å². The molecule has 0 saturated heterocycles. The fraction of sp³-hybridized carbons (Fsp3) is 0.556. The molecule has 0 unspecified atom stereocenters. The molecule has 0 radical (unpaired) electrons. The summed E-state index contributed by atoms with van der Waals surface area (Å²) < 4.78 is 22.1. The Hall–Kier alpha value is -1.35. The first-order valence-electron chi connectivity index (χ1n) is 5.12. The molecule has 0 atom stereocenters. The minimum absolute atomic E-state index is 0.0766. The first kappa shape index (κ1) is 14.7. The summed E-state index contributed by atoms with van der Waals surface area (Å²) in [4.78, 5) is 17.6. The Morgan fingerprint density at radius 2 is 2.17 bits per heavy atom. The van der Waals surface area contributed by atoms with Crippen molar-refractivity contribution in [2.45, 2.75) is 0 Å². The molecule has 7 nitrogen and oxygen atoms in total. The zero-order valence-electron chi connectivity index (χ0n) is 10.4. The van der Waals surface area contributed by atoms with Crippen molar-refractivity contribution in [3.05, 3.63) is 4.88 Å². The molecule has 0 spiro atoms. The van der Waals surface area contributed by atoms with Gasteiger partial charge in [0.2, 0.25) is 0 Å². The van der Waals surface area contributed by atoms with Crippen molar-refractivity contribution in [1.82, 2.24) is 9.88 Å². The first-order valence-corrected chi connectivity index (χ1v) is 7.99. The summed E-state index contributed by atoms with van der Waals surface area (Å²) in [6.07, 6.45) is 1.13. The highest BCUT2D eigenvalue weighted by Gasteiger charge is 2.20. The molecule has 1 aromatic rings. The fourth-order valence-electron chi connectivity index (χ4n) is 1.17. The summed E-state index contributed by atoms with van der Waals surface area (Å²) >= 11 is 1.14. The Morgan fingerprint density at radius 1 is 1.56 bits per heavy atom. The van der Waals surface area contributed by atoms with E-state index in [0.717, 1.165) is 17.6 Å². The van der Waals surface area contributed by atoms with E-state index in [0.29, 0.717) is 10.0 Å². The Bertz CT molecular complexity index is 538. The molecule has 1 rings (SSSR count). The number of nitrogen functional groups attached to an aromatic ring is 1. The standard InChI is InChI=1S/C9H16N4O3S2/c1-11-9-12-7(10)6(17-9)8(14)13(2)4-5-18(3,15)16/h4-5,10H2,1-3H3,(H,11,12). The van der Waals surface area contributed by atoms with Crippen molar-refractivity contribution < 1.29 is 13.2 Å². The third kappa shape index (κ3) is 3.84. The molecule has 102 valence electrons. The predicted molar refractivity (Wildman–Crippen MR) is 72.7 cm³/mol. The molecule has 0 aliphatic rings. The summed E-state index contributed by atoms with van der Waals surface area (Å²) in [5, 5.41) is 3.35. The molecule has 3 N–H and O–H groups in total. The Morgan fingerprint density at radius 3 is 2.61 bits per heavy atom. The van der Waals surface area contributed by atoms with E-state index in [2.05, 4.69) is 10.3 Å². The van der Waals surface area contributed by atoms with Crippen LogP contribution in [0.1, 0.15) is 9.67 Å². The maximum absolute atomic E-state index is 12.0. The van der Waals surface area contributed by atoms with Crippen LogP contribution in [0, 0.1) is 0 Å². The average molecular weight is 292 g/mol. The number of hydrogen-bond acceptors (Lipinski definition) is 7. The molecule has 18 heavy (non-hydrogen) atoms. The quantitative estimate of drug-likeness (QED) is 0.784. The van der Waals surface area contributed by atoms with Gasteiger partial charge in [-0.25, -0.2) is 13.4 Å². The van der Waals surface area contributed by atoms with Gasteiger partial charge in [0.05, 0.1) is 5.75 Å². The van der Waals surface area contributed by atoms with Gasteiger partial charge in [0, 0.05) is 26.9 Å². The van der Waals surface area contributed by atoms with Crippen molar-refractivity contribution in [1.29, 1.82) is 0 Å². The summed E-state index contributed by atoms with van der Waals surface area (Å²) in [6.45, 7) is 0.129. The number of anilines is 2. The van der Waals surface area contributed by atoms with Gasteiger partial charge in [-0.05, 0) is 0 Å². The smallest absolute Gasteiger partial charge is 0.267 e. The highest BCUT2D eigenvalue weighted by molar-refractivity contribution is 7.90. The van der Waals surface area contributed by atoms with Gasteiger partial charge in [0.15, 0.2) is 5.13 Å². The molecule has 0 saturated carbocycles. The number of carbonyl (C=O) groups is 1. The molecule has 1 aromatic heterocycles. The lowest BCUT2D eigenvalue weighted by atomic mass is 10.4.